The zero-order valence-corrected chi connectivity index (χ0v) is 9.43. The summed E-state index contributed by atoms with van der Waals surface area (Å²) in [6.45, 7) is 1.67. The van der Waals surface area contributed by atoms with Crippen LogP contribution in [0.2, 0.25) is 5.15 Å². The number of anilines is 1. The molecule has 2 aromatic rings. The number of pyridine rings is 1. The van der Waals surface area contributed by atoms with Crippen LogP contribution in [0, 0.1) is 0 Å². The predicted molar refractivity (Wildman–Crippen MR) is 62.4 cm³/mol. The highest BCUT2D eigenvalue weighted by atomic mass is 35.5. The Bertz CT molecular complexity index is 429. The molecule has 0 saturated heterocycles. The maximum atomic E-state index is 5.77. The van der Waals surface area contributed by atoms with E-state index in [1.165, 1.54) is 0 Å². The van der Waals surface area contributed by atoms with Crippen molar-refractivity contribution < 1.29 is 0 Å². The van der Waals surface area contributed by atoms with Gasteiger partial charge in [-0.25, -0.2) is 4.98 Å². The molecule has 2 rings (SSSR count). The fraction of sp³-hybridized carbons (Fsp3) is 0.300. The van der Waals surface area contributed by atoms with Crippen molar-refractivity contribution in [3.63, 3.8) is 0 Å². The van der Waals surface area contributed by atoms with Crippen molar-refractivity contribution in [1.29, 1.82) is 0 Å². The van der Waals surface area contributed by atoms with Crippen LogP contribution in [0.4, 0.5) is 5.82 Å². The van der Waals surface area contributed by atoms with Crippen LogP contribution < -0.4 is 5.32 Å². The molecule has 0 fully saturated rings. The second-order valence-corrected chi connectivity index (χ2v) is 3.68. The van der Waals surface area contributed by atoms with E-state index in [0.29, 0.717) is 5.15 Å². The molecule has 0 unspecified atom stereocenters. The summed E-state index contributed by atoms with van der Waals surface area (Å²) in [7, 11) is 0. The van der Waals surface area contributed by atoms with E-state index >= 15 is 0 Å². The highest BCUT2D eigenvalue weighted by Gasteiger charge is 1.95. The van der Waals surface area contributed by atoms with Gasteiger partial charge in [-0.05, 0) is 18.6 Å². The number of aryl methyl sites for hydroxylation is 1. The first-order valence-electron chi connectivity index (χ1n) is 5.05. The zero-order valence-electron chi connectivity index (χ0n) is 8.67. The maximum absolute atomic E-state index is 5.77. The second kappa shape index (κ2) is 5.46. The smallest absolute Gasteiger partial charge is 0.131 e. The van der Waals surface area contributed by atoms with Gasteiger partial charge in [-0.15, -0.1) is 5.10 Å². The van der Waals surface area contributed by atoms with Gasteiger partial charge in [0.2, 0.25) is 0 Å². The molecule has 0 radical (unpaired) electrons. The van der Waals surface area contributed by atoms with Crippen molar-refractivity contribution in [3.05, 3.63) is 35.7 Å². The molecule has 0 aliphatic heterocycles. The Morgan fingerprint density at radius 2 is 2.31 bits per heavy atom. The van der Waals surface area contributed by atoms with Crippen LogP contribution in [0.25, 0.3) is 0 Å². The van der Waals surface area contributed by atoms with Crippen LogP contribution in [-0.4, -0.2) is 26.5 Å². The van der Waals surface area contributed by atoms with Gasteiger partial charge in [0.15, 0.2) is 0 Å². The zero-order chi connectivity index (χ0) is 11.2. The minimum absolute atomic E-state index is 0.501. The number of aromatic nitrogens is 4. The van der Waals surface area contributed by atoms with E-state index in [-0.39, 0.29) is 0 Å². The molecule has 0 aliphatic carbocycles. The number of rotatable bonds is 5. The average Bonchev–Trinajstić information content (AvgIpc) is 2.77. The SMILES string of the molecule is Clc1cccc(NCCCn2ccnn2)n1. The first-order chi connectivity index (χ1) is 7.84. The fourth-order valence-corrected chi connectivity index (χ4v) is 1.48. The molecule has 6 heteroatoms. The first kappa shape index (κ1) is 10.9. The first-order valence-corrected chi connectivity index (χ1v) is 5.43. The summed E-state index contributed by atoms with van der Waals surface area (Å²) >= 11 is 5.77. The van der Waals surface area contributed by atoms with E-state index < -0.39 is 0 Å². The van der Waals surface area contributed by atoms with Crippen LogP contribution in [0.5, 0.6) is 0 Å². The quantitative estimate of drug-likeness (QED) is 0.637. The van der Waals surface area contributed by atoms with Crippen molar-refractivity contribution in [1.82, 2.24) is 20.0 Å². The van der Waals surface area contributed by atoms with Gasteiger partial charge in [0.25, 0.3) is 0 Å². The maximum Gasteiger partial charge on any atom is 0.131 e. The lowest BCUT2D eigenvalue weighted by Gasteiger charge is -2.05. The molecule has 0 aromatic carbocycles. The molecular formula is C10H12ClN5. The molecule has 2 aromatic heterocycles. The largest absolute Gasteiger partial charge is 0.370 e. The lowest BCUT2D eigenvalue weighted by Crippen LogP contribution is -2.08. The summed E-state index contributed by atoms with van der Waals surface area (Å²) in [4.78, 5) is 4.13. The van der Waals surface area contributed by atoms with Crippen LogP contribution >= 0.6 is 11.6 Å². The molecule has 2 heterocycles. The Kier molecular flexibility index (Phi) is 3.71. The molecule has 0 spiro atoms. The lowest BCUT2D eigenvalue weighted by molar-refractivity contribution is 0.569. The summed E-state index contributed by atoms with van der Waals surface area (Å²) in [6, 6.07) is 5.51. The Hall–Kier alpha value is -1.62. The molecule has 0 saturated carbocycles. The normalized spacial score (nSPS) is 10.3. The van der Waals surface area contributed by atoms with Crippen molar-refractivity contribution in [3.8, 4) is 0 Å². The fourth-order valence-electron chi connectivity index (χ4n) is 1.32. The van der Waals surface area contributed by atoms with Crippen LogP contribution in [-0.2, 0) is 6.54 Å². The van der Waals surface area contributed by atoms with Gasteiger partial charge >= 0.3 is 0 Å². The highest BCUT2D eigenvalue weighted by molar-refractivity contribution is 6.29. The van der Waals surface area contributed by atoms with Gasteiger partial charge in [0, 0.05) is 19.3 Å². The van der Waals surface area contributed by atoms with Crippen molar-refractivity contribution in [2.75, 3.05) is 11.9 Å². The third kappa shape index (κ3) is 3.20. The van der Waals surface area contributed by atoms with Gasteiger partial charge in [0.05, 0.1) is 6.20 Å². The molecule has 0 atom stereocenters. The minimum Gasteiger partial charge on any atom is -0.370 e. The van der Waals surface area contributed by atoms with E-state index in [4.69, 9.17) is 11.6 Å². The molecular weight excluding hydrogens is 226 g/mol. The van der Waals surface area contributed by atoms with E-state index in [0.717, 1.165) is 25.3 Å². The van der Waals surface area contributed by atoms with E-state index in [2.05, 4.69) is 20.6 Å². The third-order valence-electron chi connectivity index (χ3n) is 2.06. The van der Waals surface area contributed by atoms with Crippen molar-refractivity contribution in [2.45, 2.75) is 13.0 Å². The monoisotopic (exact) mass is 237 g/mol. The van der Waals surface area contributed by atoms with Crippen molar-refractivity contribution in [2.24, 2.45) is 0 Å². The summed E-state index contributed by atoms with van der Waals surface area (Å²) in [6.07, 6.45) is 4.47. The number of nitrogens with zero attached hydrogens (tertiary/aromatic N) is 4. The van der Waals surface area contributed by atoms with E-state index in [1.54, 1.807) is 16.9 Å². The van der Waals surface area contributed by atoms with Gasteiger partial charge in [-0.3, -0.25) is 4.68 Å². The third-order valence-corrected chi connectivity index (χ3v) is 2.27. The van der Waals surface area contributed by atoms with Gasteiger partial charge in [-0.2, -0.15) is 0 Å². The van der Waals surface area contributed by atoms with E-state index in [9.17, 15) is 0 Å². The molecule has 0 bridgehead atoms. The number of hydrogen-bond donors (Lipinski definition) is 1. The van der Waals surface area contributed by atoms with Gasteiger partial charge in [-0.1, -0.05) is 22.9 Å². The molecule has 0 amide bonds. The highest BCUT2D eigenvalue weighted by Crippen LogP contribution is 2.08. The number of nitrogens with one attached hydrogen (secondary N) is 1. The Morgan fingerprint density at radius 1 is 1.38 bits per heavy atom. The van der Waals surface area contributed by atoms with Gasteiger partial charge < -0.3 is 5.32 Å². The summed E-state index contributed by atoms with van der Waals surface area (Å²) in [5.41, 5.74) is 0. The Labute approximate surface area is 98.5 Å². The minimum atomic E-state index is 0.501. The summed E-state index contributed by atoms with van der Waals surface area (Å²) < 4.78 is 1.80. The molecule has 1 N–H and O–H groups in total. The van der Waals surface area contributed by atoms with Crippen LogP contribution in [0.1, 0.15) is 6.42 Å². The number of halogens is 1. The molecule has 5 nitrogen and oxygen atoms in total. The molecule has 84 valence electrons. The Balaban J connectivity index is 1.72. The second-order valence-electron chi connectivity index (χ2n) is 3.29. The van der Waals surface area contributed by atoms with Crippen LogP contribution in [0.3, 0.4) is 0 Å². The predicted octanol–water partition coefficient (Wildman–Crippen LogP) is 1.83. The van der Waals surface area contributed by atoms with Gasteiger partial charge in [0.1, 0.15) is 11.0 Å². The van der Waals surface area contributed by atoms with Crippen molar-refractivity contribution >= 4 is 17.4 Å². The summed E-state index contributed by atoms with van der Waals surface area (Å²) in [5.74, 6) is 0.797. The number of hydrogen-bond acceptors (Lipinski definition) is 4. The summed E-state index contributed by atoms with van der Waals surface area (Å²) in [5, 5.41) is 11.3. The topological polar surface area (TPSA) is 55.6 Å². The standard InChI is InChI=1S/C10H12ClN5/c11-9-3-1-4-10(14-9)12-5-2-7-16-8-6-13-15-16/h1,3-4,6,8H,2,5,7H2,(H,12,14). The Morgan fingerprint density at radius 3 is 3.06 bits per heavy atom. The average molecular weight is 238 g/mol. The van der Waals surface area contributed by atoms with E-state index in [1.807, 2.05) is 18.3 Å². The molecule has 16 heavy (non-hydrogen) atoms. The lowest BCUT2D eigenvalue weighted by atomic mass is 10.4. The van der Waals surface area contributed by atoms with Crippen LogP contribution in [0.15, 0.2) is 30.6 Å². The molecule has 0 aliphatic rings.